The van der Waals surface area contributed by atoms with Crippen LogP contribution < -0.4 is 10.1 Å². The molecule has 0 heterocycles. The number of carbonyl (C=O) groups is 1. The number of benzene rings is 2. The molecule has 21 heavy (non-hydrogen) atoms. The summed E-state index contributed by atoms with van der Waals surface area (Å²) in [5, 5.41) is 3.24. The molecule has 0 unspecified atom stereocenters. The second kappa shape index (κ2) is 6.96. The molecule has 0 aromatic heterocycles. The van der Waals surface area contributed by atoms with E-state index in [0.29, 0.717) is 16.5 Å². The zero-order valence-electron chi connectivity index (χ0n) is 11.7. The summed E-state index contributed by atoms with van der Waals surface area (Å²) in [6.45, 7) is 3.68. The molecule has 0 spiro atoms. The minimum Gasteiger partial charge on any atom is -0.480 e. The van der Waals surface area contributed by atoms with Crippen molar-refractivity contribution in [3.05, 3.63) is 57.5 Å². The number of aryl methyl sites for hydroxylation is 1. The van der Waals surface area contributed by atoms with Crippen LogP contribution in [0, 0.1) is 6.92 Å². The molecular formula is C16H15BrClNO2. The molecule has 1 N–H and O–H groups in total. The first kappa shape index (κ1) is 15.9. The van der Waals surface area contributed by atoms with Crippen molar-refractivity contribution in [3.8, 4) is 5.75 Å². The van der Waals surface area contributed by atoms with Gasteiger partial charge in [-0.2, -0.15) is 0 Å². The third-order valence-corrected chi connectivity index (χ3v) is 3.84. The van der Waals surface area contributed by atoms with Gasteiger partial charge in [0.05, 0.1) is 15.2 Å². The molecule has 2 aromatic carbocycles. The van der Waals surface area contributed by atoms with Gasteiger partial charge in [-0.15, -0.1) is 0 Å². The quantitative estimate of drug-likeness (QED) is 0.840. The number of carbonyl (C=O) groups excluding carboxylic acids is 1. The van der Waals surface area contributed by atoms with Crippen molar-refractivity contribution < 1.29 is 9.53 Å². The molecule has 0 radical (unpaired) electrons. The molecule has 1 amide bonds. The molecule has 110 valence electrons. The number of amides is 1. The Labute approximate surface area is 137 Å². The van der Waals surface area contributed by atoms with E-state index in [2.05, 4.69) is 21.2 Å². The fourth-order valence-corrected chi connectivity index (χ4v) is 2.51. The van der Waals surface area contributed by atoms with Crippen molar-refractivity contribution in [1.82, 2.24) is 0 Å². The predicted octanol–water partition coefficient (Wildman–Crippen LogP) is 4.82. The Morgan fingerprint density at radius 2 is 2.00 bits per heavy atom. The van der Waals surface area contributed by atoms with Crippen LogP contribution in [0.3, 0.4) is 0 Å². The van der Waals surface area contributed by atoms with Crippen LogP contribution in [0.25, 0.3) is 0 Å². The van der Waals surface area contributed by atoms with Crippen molar-refractivity contribution >= 4 is 39.1 Å². The third kappa shape index (κ3) is 4.22. The molecule has 2 rings (SSSR count). The summed E-state index contributed by atoms with van der Waals surface area (Å²) >= 11 is 9.44. The monoisotopic (exact) mass is 367 g/mol. The van der Waals surface area contributed by atoms with Crippen molar-refractivity contribution in [3.63, 3.8) is 0 Å². The molecule has 5 heteroatoms. The molecule has 1 atom stereocenters. The summed E-state index contributed by atoms with van der Waals surface area (Å²) in [7, 11) is 0. The van der Waals surface area contributed by atoms with E-state index >= 15 is 0 Å². The average Bonchev–Trinajstić information content (AvgIpc) is 2.44. The molecule has 0 saturated heterocycles. The van der Waals surface area contributed by atoms with E-state index in [1.54, 1.807) is 25.1 Å². The highest BCUT2D eigenvalue weighted by molar-refractivity contribution is 9.10. The highest BCUT2D eigenvalue weighted by Crippen LogP contribution is 2.27. The summed E-state index contributed by atoms with van der Waals surface area (Å²) in [5.41, 5.74) is 1.69. The van der Waals surface area contributed by atoms with E-state index in [-0.39, 0.29) is 5.91 Å². The standard InChI is InChI=1S/C16H15BrClNO2/c1-10-7-8-15(12(17)9-10)21-11(2)16(20)19-14-6-4-3-5-13(14)18/h3-9,11H,1-2H3,(H,19,20)/t11-/m1/s1. The lowest BCUT2D eigenvalue weighted by Crippen LogP contribution is -2.30. The fraction of sp³-hybridized carbons (Fsp3) is 0.188. The van der Waals surface area contributed by atoms with Crippen molar-refractivity contribution in [1.29, 1.82) is 0 Å². The van der Waals surface area contributed by atoms with Crippen molar-refractivity contribution in [2.24, 2.45) is 0 Å². The maximum Gasteiger partial charge on any atom is 0.265 e. The molecule has 0 bridgehead atoms. The van der Waals surface area contributed by atoms with Gasteiger partial charge in [-0.3, -0.25) is 4.79 Å². The number of hydrogen-bond donors (Lipinski definition) is 1. The van der Waals surface area contributed by atoms with Gasteiger partial charge in [-0.1, -0.05) is 29.8 Å². The van der Waals surface area contributed by atoms with Crippen LogP contribution in [0.1, 0.15) is 12.5 Å². The zero-order chi connectivity index (χ0) is 15.4. The first-order valence-corrected chi connectivity index (χ1v) is 7.62. The highest BCUT2D eigenvalue weighted by Gasteiger charge is 2.17. The van der Waals surface area contributed by atoms with Gasteiger partial charge in [0, 0.05) is 0 Å². The lowest BCUT2D eigenvalue weighted by molar-refractivity contribution is -0.122. The van der Waals surface area contributed by atoms with Crippen LogP contribution in [0.5, 0.6) is 5.75 Å². The van der Waals surface area contributed by atoms with E-state index in [1.807, 2.05) is 31.2 Å². The zero-order valence-corrected chi connectivity index (χ0v) is 14.0. The summed E-state index contributed by atoms with van der Waals surface area (Å²) in [6, 6.07) is 12.8. The van der Waals surface area contributed by atoms with Crippen molar-refractivity contribution in [2.75, 3.05) is 5.32 Å². The van der Waals surface area contributed by atoms with Gasteiger partial charge in [0.25, 0.3) is 5.91 Å². The first-order chi connectivity index (χ1) is 9.97. The van der Waals surface area contributed by atoms with Crippen molar-refractivity contribution in [2.45, 2.75) is 20.0 Å². The van der Waals surface area contributed by atoms with Gasteiger partial charge < -0.3 is 10.1 Å². The van der Waals surface area contributed by atoms with Crippen LogP contribution in [-0.4, -0.2) is 12.0 Å². The number of rotatable bonds is 4. The molecule has 0 aliphatic heterocycles. The molecular weight excluding hydrogens is 354 g/mol. The molecule has 3 nitrogen and oxygen atoms in total. The molecule has 0 saturated carbocycles. The van der Waals surface area contributed by atoms with Crippen LogP contribution in [0.4, 0.5) is 5.69 Å². The number of para-hydroxylation sites is 1. The Morgan fingerprint density at radius 3 is 2.67 bits per heavy atom. The van der Waals surface area contributed by atoms with E-state index in [9.17, 15) is 4.79 Å². The lowest BCUT2D eigenvalue weighted by atomic mass is 10.2. The minimum atomic E-state index is -0.639. The van der Waals surface area contributed by atoms with E-state index in [1.165, 1.54) is 0 Å². The summed E-state index contributed by atoms with van der Waals surface area (Å²) < 4.78 is 6.49. The van der Waals surface area contributed by atoms with Gasteiger partial charge in [-0.05, 0) is 59.6 Å². The Kier molecular flexibility index (Phi) is 5.26. The Balaban J connectivity index is 2.04. The van der Waals surface area contributed by atoms with Crippen LogP contribution in [-0.2, 0) is 4.79 Å². The number of ether oxygens (including phenoxy) is 1. The Morgan fingerprint density at radius 1 is 1.29 bits per heavy atom. The third-order valence-electron chi connectivity index (χ3n) is 2.89. The summed E-state index contributed by atoms with van der Waals surface area (Å²) in [6.07, 6.45) is -0.639. The summed E-state index contributed by atoms with van der Waals surface area (Å²) in [4.78, 5) is 12.1. The predicted molar refractivity (Wildman–Crippen MR) is 89.1 cm³/mol. The fourth-order valence-electron chi connectivity index (χ4n) is 1.74. The molecule has 0 aliphatic rings. The number of anilines is 1. The second-order valence-corrected chi connectivity index (χ2v) is 5.92. The maximum atomic E-state index is 12.1. The smallest absolute Gasteiger partial charge is 0.265 e. The summed E-state index contributed by atoms with van der Waals surface area (Å²) in [5.74, 6) is 0.373. The van der Waals surface area contributed by atoms with Crippen LogP contribution in [0.15, 0.2) is 46.9 Å². The SMILES string of the molecule is Cc1ccc(O[C@H](C)C(=O)Nc2ccccc2Cl)c(Br)c1. The van der Waals surface area contributed by atoms with Gasteiger partial charge in [0.15, 0.2) is 6.10 Å². The van der Waals surface area contributed by atoms with E-state index < -0.39 is 6.10 Å². The number of nitrogens with one attached hydrogen (secondary N) is 1. The van der Waals surface area contributed by atoms with E-state index in [4.69, 9.17) is 16.3 Å². The second-order valence-electron chi connectivity index (χ2n) is 4.66. The lowest BCUT2D eigenvalue weighted by Gasteiger charge is -2.16. The molecule has 2 aromatic rings. The first-order valence-electron chi connectivity index (χ1n) is 6.45. The van der Waals surface area contributed by atoms with Crippen LogP contribution in [0.2, 0.25) is 5.02 Å². The average molecular weight is 369 g/mol. The topological polar surface area (TPSA) is 38.3 Å². The minimum absolute atomic E-state index is 0.254. The highest BCUT2D eigenvalue weighted by atomic mass is 79.9. The Bertz CT molecular complexity index is 660. The molecule has 0 aliphatic carbocycles. The maximum absolute atomic E-state index is 12.1. The molecule has 0 fully saturated rings. The Hall–Kier alpha value is -1.52. The van der Waals surface area contributed by atoms with E-state index in [0.717, 1.165) is 10.0 Å². The van der Waals surface area contributed by atoms with Gasteiger partial charge in [-0.25, -0.2) is 0 Å². The van der Waals surface area contributed by atoms with Gasteiger partial charge >= 0.3 is 0 Å². The van der Waals surface area contributed by atoms with Gasteiger partial charge in [0.2, 0.25) is 0 Å². The van der Waals surface area contributed by atoms with Crippen LogP contribution >= 0.6 is 27.5 Å². The largest absolute Gasteiger partial charge is 0.480 e. The normalized spacial score (nSPS) is 11.8. The van der Waals surface area contributed by atoms with Gasteiger partial charge in [0.1, 0.15) is 5.75 Å². The number of halogens is 2. The number of hydrogen-bond acceptors (Lipinski definition) is 2.